The van der Waals surface area contributed by atoms with E-state index >= 15 is 0 Å². The zero-order valence-electron chi connectivity index (χ0n) is 18.8. The third-order valence-corrected chi connectivity index (χ3v) is 6.15. The first-order chi connectivity index (χ1) is 16.8. The van der Waals surface area contributed by atoms with Crippen LogP contribution in [0.2, 0.25) is 0 Å². The second-order valence-electron chi connectivity index (χ2n) is 8.48. The summed E-state index contributed by atoms with van der Waals surface area (Å²) in [7, 11) is 1.83. The summed E-state index contributed by atoms with van der Waals surface area (Å²) in [5.41, 5.74) is 9.10. The van der Waals surface area contributed by atoms with Crippen molar-refractivity contribution < 1.29 is 14.9 Å². The summed E-state index contributed by atoms with van der Waals surface area (Å²) in [6.07, 6.45) is -0.591. The number of nitrogens with two attached hydrogens (primary N) is 1. The van der Waals surface area contributed by atoms with Crippen molar-refractivity contribution in [1.29, 1.82) is 0 Å². The Morgan fingerprint density at radius 1 is 1.20 bits per heavy atom. The van der Waals surface area contributed by atoms with E-state index in [1.807, 2.05) is 30.7 Å². The molecule has 6 N–H and O–H groups in total. The molecular formula is C21H22N10O4. The average molecular weight is 478 g/mol. The van der Waals surface area contributed by atoms with Gasteiger partial charge in [-0.3, -0.25) is 24.6 Å². The number of aliphatic hydroxyl groups excluding tert-OH is 2. The van der Waals surface area contributed by atoms with Gasteiger partial charge in [-0.2, -0.15) is 4.98 Å². The Kier molecular flexibility index (Phi) is 4.70. The first kappa shape index (κ1) is 21.4. The molecule has 3 atom stereocenters. The summed E-state index contributed by atoms with van der Waals surface area (Å²) in [6, 6.07) is 3.78. The van der Waals surface area contributed by atoms with E-state index in [4.69, 9.17) is 15.5 Å². The smallest absolute Gasteiger partial charge is 0.280 e. The van der Waals surface area contributed by atoms with E-state index in [1.165, 1.54) is 0 Å². The van der Waals surface area contributed by atoms with E-state index in [0.29, 0.717) is 17.0 Å². The van der Waals surface area contributed by atoms with E-state index in [1.54, 1.807) is 10.8 Å². The van der Waals surface area contributed by atoms with Crippen LogP contribution in [0.1, 0.15) is 18.3 Å². The molecule has 0 radical (unpaired) electrons. The molecule has 0 bridgehead atoms. The topological polar surface area (TPSA) is 195 Å². The maximum atomic E-state index is 12.6. The van der Waals surface area contributed by atoms with Crippen LogP contribution < -0.4 is 16.6 Å². The van der Waals surface area contributed by atoms with Gasteiger partial charge in [-0.25, -0.2) is 15.0 Å². The fraction of sp³-hybridized carbons (Fsp3) is 0.333. The van der Waals surface area contributed by atoms with Crippen molar-refractivity contribution in [3.05, 3.63) is 34.4 Å². The molecular weight excluding hydrogens is 456 g/mol. The number of ether oxygens (including phenoxy) is 1. The van der Waals surface area contributed by atoms with E-state index < -0.39 is 24.0 Å². The molecule has 4 aromatic heterocycles. The molecule has 1 aromatic carbocycles. The molecule has 1 saturated heterocycles. The molecule has 0 aliphatic carbocycles. The van der Waals surface area contributed by atoms with E-state index in [-0.39, 0.29) is 36.1 Å². The Labute approximate surface area is 196 Å². The highest BCUT2D eigenvalue weighted by Gasteiger charge is 2.37. The molecule has 5 heterocycles. The molecule has 1 aliphatic heterocycles. The minimum atomic E-state index is -0.904. The largest absolute Gasteiger partial charge is 0.394 e. The number of aliphatic hydroxyl groups is 2. The highest BCUT2D eigenvalue weighted by molar-refractivity contribution is 6.01. The standard InChI is InChI=1S/C21H22N10O4/c1-8-6-23-9-3-4-10-15(14(9)24-8)25-20(30(10)2)29-21-26-16-17(27-19(22)28-18(16)34)31(21)13-5-11(33)12(7-32)35-13/h3-4,6,11-13,32-33H,5,7H2,1-2H3,(H,25,26,29)(H3,22,27,28,34). The minimum Gasteiger partial charge on any atom is -0.394 e. The summed E-state index contributed by atoms with van der Waals surface area (Å²) in [4.78, 5) is 37.4. The molecule has 0 amide bonds. The fourth-order valence-corrected chi connectivity index (χ4v) is 4.43. The van der Waals surface area contributed by atoms with Crippen LogP contribution in [0.4, 0.5) is 17.8 Å². The van der Waals surface area contributed by atoms with Crippen LogP contribution in [0.25, 0.3) is 33.2 Å². The predicted octanol–water partition coefficient (Wildman–Crippen LogP) is 0.224. The molecule has 1 fully saturated rings. The van der Waals surface area contributed by atoms with Crippen molar-refractivity contribution in [3.8, 4) is 0 Å². The van der Waals surface area contributed by atoms with Crippen molar-refractivity contribution in [2.75, 3.05) is 17.7 Å². The van der Waals surface area contributed by atoms with Gasteiger partial charge >= 0.3 is 0 Å². The first-order valence-electron chi connectivity index (χ1n) is 10.9. The second kappa shape index (κ2) is 7.69. The number of aryl methyl sites for hydroxylation is 2. The molecule has 1 aliphatic rings. The van der Waals surface area contributed by atoms with Crippen LogP contribution in [0, 0.1) is 6.92 Å². The van der Waals surface area contributed by atoms with Crippen LogP contribution in [0.15, 0.2) is 23.1 Å². The van der Waals surface area contributed by atoms with Crippen LogP contribution in [-0.2, 0) is 11.8 Å². The highest BCUT2D eigenvalue weighted by Crippen LogP contribution is 2.35. The van der Waals surface area contributed by atoms with Crippen molar-refractivity contribution in [3.63, 3.8) is 0 Å². The number of aromatic nitrogens is 8. The summed E-state index contributed by atoms with van der Waals surface area (Å²) < 4.78 is 9.21. The normalized spacial score (nSPS) is 20.4. The Morgan fingerprint density at radius 2 is 2.00 bits per heavy atom. The Morgan fingerprint density at radius 3 is 2.77 bits per heavy atom. The minimum absolute atomic E-state index is 0.0398. The van der Waals surface area contributed by atoms with Gasteiger partial charge in [0.15, 0.2) is 11.2 Å². The number of hydrogen-bond donors (Lipinski definition) is 5. The number of aromatic amines is 1. The molecule has 0 saturated carbocycles. The van der Waals surface area contributed by atoms with Gasteiger partial charge in [0.25, 0.3) is 5.56 Å². The van der Waals surface area contributed by atoms with E-state index in [2.05, 4.69) is 30.2 Å². The summed E-state index contributed by atoms with van der Waals surface area (Å²) in [5.74, 6) is 0.550. The van der Waals surface area contributed by atoms with Gasteiger partial charge in [0.05, 0.1) is 29.4 Å². The number of imidazole rings is 2. The number of anilines is 3. The lowest BCUT2D eigenvalue weighted by molar-refractivity contribution is -0.0425. The lowest BCUT2D eigenvalue weighted by Crippen LogP contribution is -2.24. The van der Waals surface area contributed by atoms with Gasteiger partial charge in [-0.15, -0.1) is 0 Å². The van der Waals surface area contributed by atoms with Crippen LogP contribution in [0.5, 0.6) is 0 Å². The van der Waals surface area contributed by atoms with Crippen molar-refractivity contribution in [2.24, 2.45) is 7.05 Å². The molecule has 14 heteroatoms. The number of H-pyrrole nitrogens is 1. The average Bonchev–Trinajstić information content (AvgIpc) is 3.47. The van der Waals surface area contributed by atoms with Crippen LogP contribution >= 0.6 is 0 Å². The Balaban J connectivity index is 1.52. The monoisotopic (exact) mass is 478 g/mol. The predicted molar refractivity (Wildman–Crippen MR) is 126 cm³/mol. The third-order valence-electron chi connectivity index (χ3n) is 6.15. The van der Waals surface area contributed by atoms with E-state index in [9.17, 15) is 15.0 Å². The van der Waals surface area contributed by atoms with Crippen LogP contribution in [0.3, 0.4) is 0 Å². The number of fused-ring (bicyclic) bond motifs is 4. The van der Waals surface area contributed by atoms with Gasteiger partial charge in [0.2, 0.25) is 17.8 Å². The molecule has 180 valence electrons. The van der Waals surface area contributed by atoms with E-state index in [0.717, 1.165) is 16.7 Å². The molecule has 5 aromatic rings. The van der Waals surface area contributed by atoms with Gasteiger partial charge in [0, 0.05) is 19.7 Å². The lowest BCUT2D eigenvalue weighted by atomic mass is 10.2. The SMILES string of the molecule is Cc1cnc2ccc3c(nc(Nc4nc5c(=O)[nH]c(N)nc5n4C4CC(O)C(CO)O4)n3C)c2n1. The summed E-state index contributed by atoms with van der Waals surface area (Å²) in [5, 5.41) is 23.0. The highest BCUT2D eigenvalue weighted by atomic mass is 16.5. The summed E-state index contributed by atoms with van der Waals surface area (Å²) in [6.45, 7) is 1.50. The Hall–Kier alpha value is -4.14. The number of hydrogen-bond acceptors (Lipinski definition) is 11. The summed E-state index contributed by atoms with van der Waals surface area (Å²) >= 11 is 0. The van der Waals surface area contributed by atoms with Gasteiger partial charge in [-0.05, 0) is 19.1 Å². The molecule has 14 nitrogen and oxygen atoms in total. The maximum Gasteiger partial charge on any atom is 0.280 e. The molecule has 6 rings (SSSR count). The number of nitrogens with zero attached hydrogens (tertiary/aromatic N) is 7. The zero-order valence-corrected chi connectivity index (χ0v) is 18.8. The van der Waals surface area contributed by atoms with Gasteiger partial charge < -0.3 is 25.3 Å². The zero-order chi connectivity index (χ0) is 24.4. The quantitative estimate of drug-likeness (QED) is 0.237. The first-order valence-corrected chi connectivity index (χ1v) is 10.9. The van der Waals surface area contributed by atoms with Crippen LogP contribution in [-0.4, -0.2) is 68.1 Å². The molecule has 35 heavy (non-hydrogen) atoms. The fourth-order valence-electron chi connectivity index (χ4n) is 4.43. The maximum absolute atomic E-state index is 12.6. The third kappa shape index (κ3) is 3.30. The number of benzene rings is 1. The number of nitrogen functional groups attached to an aromatic ring is 1. The van der Waals surface area contributed by atoms with Crippen molar-refractivity contribution >= 4 is 51.1 Å². The van der Waals surface area contributed by atoms with Gasteiger partial charge in [0.1, 0.15) is 23.4 Å². The van der Waals surface area contributed by atoms with Crippen molar-refractivity contribution in [1.82, 2.24) is 39.0 Å². The second-order valence-corrected chi connectivity index (χ2v) is 8.48. The number of rotatable bonds is 4. The molecule has 0 spiro atoms. The van der Waals surface area contributed by atoms with Crippen molar-refractivity contribution in [2.45, 2.75) is 31.8 Å². The van der Waals surface area contributed by atoms with Gasteiger partial charge in [-0.1, -0.05) is 0 Å². The number of nitrogens with one attached hydrogen (secondary N) is 2. The Bertz CT molecular complexity index is 1670. The molecule has 3 unspecified atom stereocenters. The lowest BCUT2D eigenvalue weighted by Gasteiger charge is -2.17.